The maximum Gasteiger partial charge on any atom is 0.0571 e. The minimum Gasteiger partial charge on any atom is -0.396 e. The summed E-state index contributed by atoms with van der Waals surface area (Å²) in [5, 5.41) is 19.1. The molecule has 2 rings (SSSR count). The van der Waals surface area contributed by atoms with Crippen LogP contribution in [0.25, 0.3) is 0 Å². The second-order valence-corrected chi connectivity index (χ2v) is 5.15. The first-order chi connectivity index (χ1) is 6.63. The highest BCUT2D eigenvalue weighted by Crippen LogP contribution is 2.44. The highest BCUT2D eigenvalue weighted by Gasteiger charge is 2.46. The van der Waals surface area contributed by atoms with Crippen LogP contribution >= 0.6 is 0 Å². The standard InChI is InChI=1S/C11H21NO2/c1-7-10-5-12(2)4-8(6-13)9(10)3-11(7)14/h7-11,13-14H,3-6H2,1-2H3. The zero-order valence-corrected chi connectivity index (χ0v) is 9.06. The van der Waals surface area contributed by atoms with Gasteiger partial charge in [-0.2, -0.15) is 0 Å². The Bertz CT molecular complexity index is 207. The number of hydrogen-bond donors (Lipinski definition) is 2. The van der Waals surface area contributed by atoms with E-state index in [0.717, 1.165) is 19.5 Å². The topological polar surface area (TPSA) is 43.7 Å². The van der Waals surface area contributed by atoms with Gasteiger partial charge < -0.3 is 15.1 Å². The predicted molar refractivity (Wildman–Crippen MR) is 54.8 cm³/mol. The van der Waals surface area contributed by atoms with Gasteiger partial charge in [0.1, 0.15) is 0 Å². The van der Waals surface area contributed by atoms with Gasteiger partial charge in [-0.3, -0.25) is 0 Å². The first kappa shape index (κ1) is 10.4. The van der Waals surface area contributed by atoms with E-state index in [0.29, 0.717) is 23.7 Å². The minimum absolute atomic E-state index is 0.148. The van der Waals surface area contributed by atoms with Crippen LogP contribution in [0.15, 0.2) is 0 Å². The van der Waals surface area contributed by atoms with Gasteiger partial charge in [-0.1, -0.05) is 6.92 Å². The summed E-state index contributed by atoms with van der Waals surface area (Å²) in [5.41, 5.74) is 0. The van der Waals surface area contributed by atoms with Gasteiger partial charge in [-0.25, -0.2) is 0 Å². The number of aliphatic hydroxyl groups excluding tert-OH is 2. The maximum absolute atomic E-state index is 9.83. The number of fused-ring (bicyclic) bond motifs is 1. The van der Waals surface area contributed by atoms with Crippen molar-refractivity contribution < 1.29 is 10.2 Å². The maximum atomic E-state index is 9.83. The molecule has 0 aromatic carbocycles. The van der Waals surface area contributed by atoms with Crippen molar-refractivity contribution in [1.82, 2.24) is 4.90 Å². The van der Waals surface area contributed by atoms with E-state index in [1.165, 1.54) is 0 Å². The molecule has 0 spiro atoms. The van der Waals surface area contributed by atoms with Gasteiger partial charge in [0, 0.05) is 19.7 Å². The van der Waals surface area contributed by atoms with E-state index >= 15 is 0 Å². The molecule has 14 heavy (non-hydrogen) atoms. The molecule has 2 fully saturated rings. The highest BCUT2D eigenvalue weighted by atomic mass is 16.3. The van der Waals surface area contributed by atoms with Gasteiger partial charge in [-0.15, -0.1) is 0 Å². The second-order valence-electron chi connectivity index (χ2n) is 5.15. The summed E-state index contributed by atoms with van der Waals surface area (Å²) >= 11 is 0. The van der Waals surface area contributed by atoms with Crippen molar-refractivity contribution in [3.05, 3.63) is 0 Å². The molecule has 2 N–H and O–H groups in total. The summed E-state index contributed by atoms with van der Waals surface area (Å²) in [5.74, 6) is 1.90. The number of nitrogens with zero attached hydrogens (tertiary/aromatic N) is 1. The lowest BCUT2D eigenvalue weighted by Gasteiger charge is -2.39. The van der Waals surface area contributed by atoms with Crippen LogP contribution in [0.1, 0.15) is 13.3 Å². The Morgan fingerprint density at radius 3 is 2.64 bits per heavy atom. The summed E-state index contributed by atoms with van der Waals surface area (Å²) in [6.07, 6.45) is 0.746. The third-order valence-corrected chi connectivity index (χ3v) is 4.25. The van der Waals surface area contributed by atoms with Crippen molar-refractivity contribution in [3.63, 3.8) is 0 Å². The van der Waals surface area contributed by atoms with Crippen LogP contribution < -0.4 is 0 Å². The van der Waals surface area contributed by atoms with Crippen molar-refractivity contribution in [1.29, 1.82) is 0 Å². The van der Waals surface area contributed by atoms with Gasteiger partial charge in [0.05, 0.1) is 6.10 Å². The van der Waals surface area contributed by atoms with E-state index in [9.17, 15) is 10.2 Å². The van der Waals surface area contributed by atoms with E-state index in [-0.39, 0.29) is 12.7 Å². The Morgan fingerprint density at radius 2 is 2.00 bits per heavy atom. The van der Waals surface area contributed by atoms with E-state index in [2.05, 4.69) is 18.9 Å². The first-order valence-electron chi connectivity index (χ1n) is 5.61. The Kier molecular flexibility index (Phi) is 2.82. The molecule has 5 unspecified atom stereocenters. The van der Waals surface area contributed by atoms with E-state index < -0.39 is 0 Å². The molecule has 1 heterocycles. The minimum atomic E-state index is -0.148. The Balaban J connectivity index is 2.12. The third kappa shape index (κ3) is 1.58. The molecule has 82 valence electrons. The van der Waals surface area contributed by atoms with E-state index in [4.69, 9.17) is 0 Å². The van der Waals surface area contributed by atoms with Gasteiger partial charge in [-0.05, 0) is 37.1 Å². The molecular formula is C11H21NO2. The molecule has 1 aliphatic heterocycles. The van der Waals surface area contributed by atoms with Crippen molar-refractivity contribution in [2.24, 2.45) is 23.7 Å². The van der Waals surface area contributed by atoms with Crippen LogP contribution in [0.4, 0.5) is 0 Å². The quantitative estimate of drug-likeness (QED) is 0.633. The summed E-state index contributed by atoms with van der Waals surface area (Å²) in [6.45, 7) is 4.48. The van der Waals surface area contributed by atoms with Crippen LogP contribution in [0.5, 0.6) is 0 Å². The van der Waals surface area contributed by atoms with E-state index in [1.54, 1.807) is 0 Å². The normalized spacial score (nSPS) is 49.3. The Morgan fingerprint density at radius 1 is 1.29 bits per heavy atom. The zero-order chi connectivity index (χ0) is 10.3. The second kappa shape index (κ2) is 3.80. The fourth-order valence-electron chi connectivity index (χ4n) is 3.35. The first-order valence-corrected chi connectivity index (χ1v) is 5.61. The summed E-state index contributed by atoms with van der Waals surface area (Å²) in [6, 6.07) is 0. The van der Waals surface area contributed by atoms with Crippen molar-refractivity contribution >= 4 is 0 Å². The van der Waals surface area contributed by atoms with Crippen LogP contribution in [-0.4, -0.2) is 48.0 Å². The fourth-order valence-corrected chi connectivity index (χ4v) is 3.35. The molecular weight excluding hydrogens is 178 g/mol. The fraction of sp³-hybridized carbons (Fsp3) is 1.00. The third-order valence-electron chi connectivity index (χ3n) is 4.25. The van der Waals surface area contributed by atoms with Crippen molar-refractivity contribution in [2.75, 3.05) is 26.7 Å². The Labute approximate surface area is 85.7 Å². The molecule has 0 amide bonds. The molecule has 3 heteroatoms. The lowest BCUT2D eigenvalue weighted by molar-refractivity contribution is 0.0451. The number of aliphatic hydroxyl groups is 2. The lowest BCUT2D eigenvalue weighted by Crippen LogP contribution is -2.45. The van der Waals surface area contributed by atoms with Crippen molar-refractivity contribution in [3.8, 4) is 0 Å². The monoisotopic (exact) mass is 199 g/mol. The van der Waals surface area contributed by atoms with Gasteiger partial charge in [0.15, 0.2) is 0 Å². The number of rotatable bonds is 1. The molecule has 5 atom stereocenters. The highest BCUT2D eigenvalue weighted by molar-refractivity contribution is 4.96. The van der Waals surface area contributed by atoms with Crippen LogP contribution in [-0.2, 0) is 0 Å². The predicted octanol–water partition coefficient (Wildman–Crippen LogP) is 0.173. The molecule has 1 aliphatic carbocycles. The summed E-state index contributed by atoms with van der Waals surface area (Å²) in [4.78, 5) is 2.29. The van der Waals surface area contributed by atoms with Crippen LogP contribution in [0.2, 0.25) is 0 Å². The lowest BCUT2D eigenvalue weighted by atomic mass is 9.78. The molecule has 1 saturated heterocycles. The Hall–Kier alpha value is -0.120. The largest absolute Gasteiger partial charge is 0.396 e. The zero-order valence-electron chi connectivity index (χ0n) is 9.06. The molecule has 0 aromatic heterocycles. The van der Waals surface area contributed by atoms with Crippen LogP contribution in [0.3, 0.4) is 0 Å². The average Bonchev–Trinajstić information content (AvgIpc) is 2.43. The summed E-state index contributed by atoms with van der Waals surface area (Å²) < 4.78 is 0. The number of piperidine rings is 1. The molecule has 2 aliphatic rings. The average molecular weight is 199 g/mol. The van der Waals surface area contributed by atoms with Crippen LogP contribution in [0, 0.1) is 23.7 Å². The molecule has 3 nitrogen and oxygen atoms in total. The molecule has 0 bridgehead atoms. The number of hydrogen-bond acceptors (Lipinski definition) is 3. The molecule has 0 aromatic rings. The SMILES string of the molecule is CC1C(O)CC2C(CO)CN(C)CC12. The van der Waals surface area contributed by atoms with Gasteiger partial charge >= 0.3 is 0 Å². The smallest absolute Gasteiger partial charge is 0.0571 e. The van der Waals surface area contributed by atoms with E-state index in [1.807, 2.05) is 0 Å². The van der Waals surface area contributed by atoms with Gasteiger partial charge in [0.2, 0.25) is 0 Å². The molecule has 1 saturated carbocycles. The molecule has 0 radical (unpaired) electrons. The van der Waals surface area contributed by atoms with Gasteiger partial charge in [0.25, 0.3) is 0 Å². The van der Waals surface area contributed by atoms with Crippen molar-refractivity contribution in [2.45, 2.75) is 19.4 Å². The summed E-state index contributed by atoms with van der Waals surface area (Å²) in [7, 11) is 2.11. The number of likely N-dealkylation sites (tertiary alicyclic amines) is 1.